The Hall–Kier alpha value is -2.58. The van der Waals surface area contributed by atoms with Crippen molar-refractivity contribution in [2.45, 2.75) is 17.3 Å². The molecule has 0 bridgehead atoms. The highest BCUT2D eigenvalue weighted by atomic mass is 35.5. The van der Waals surface area contributed by atoms with Gasteiger partial charge in [-0.3, -0.25) is 9.89 Å². The molecule has 3 aromatic rings. The number of hydrogen-bond donors (Lipinski definition) is 2. The highest BCUT2D eigenvalue weighted by Crippen LogP contribution is 2.26. The molecule has 0 fully saturated rings. The number of carbonyl (C=O) groups is 1. The number of anilines is 1. The predicted molar refractivity (Wildman–Crippen MR) is 104 cm³/mol. The molecule has 1 atom stereocenters. The van der Waals surface area contributed by atoms with Gasteiger partial charge in [-0.25, -0.2) is 9.37 Å². The number of carbonyl (C=O) groups excluding carboxylic acids is 1. The van der Waals surface area contributed by atoms with E-state index in [1.54, 1.807) is 14.0 Å². The van der Waals surface area contributed by atoms with Crippen LogP contribution in [0.3, 0.4) is 0 Å². The number of halogens is 2. The molecule has 27 heavy (non-hydrogen) atoms. The zero-order chi connectivity index (χ0) is 19.4. The maximum absolute atomic E-state index is 13.1. The lowest BCUT2D eigenvalue weighted by Crippen LogP contribution is -2.22. The molecular formula is C18H16ClFN4O2S. The summed E-state index contributed by atoms with van der Waals surface area (Å²) >= 11 is 7.13. The standard InChI is InChI=1S/C18H16ClFN4O2S/c1-10(17(25)21-15-8-5-12(20)9-14(15)19)27-18-22-16(23-24-18)11-3-6-13(26-2)7-4-11/h3-10H,1-2H3,(H,21,25)(H,22,23,24)/t10-/m1/s1. The van der Waals surface area contributed by atoms with Gasteiger partial charge in [-0.1, -0.05) is 23.4 Å². The van der Waals surface area contributed by atoms with Gasteiger partial charge in [-0.2, -0.15) is 0 Å². The molecule has 3 rings (SSSR count). The quantitative estimate of drug-likeness (QED) is 0.593. The van der Waals surface area contributed by atoms with E-state index in [0.717, 1.165) is 17.4 Å². The van der Waals surface area contributed by atoms with E-state index in [4.69, 9.17) is 16.3 Å². The van der Waals surface area contributed by atoms with Gasteiger partial charge < -0.3 is 10.1 Å². The normalized spacial score (nSPS) is 11.9. The Morgan fingerprint density at radius 1 is 1.30 bits per heavy atom. The summed E-state index contributed by atoms with van der Waals surface area (Å²) < 4.78 is 18.2. The number of thioether (sulfide) groups is 1. The second-order valence-corrected chi connectivity index (χ2v) is 7.28. The van der Waals surface area contributed by atoms with Crippen LogP contribution in [-0.4, -0.2) is 33.4 Å². The van der Waals surface area contributed by atoms with Crippen LogP contribution in [0.1, 0.15) is 6.92 Å². The van der Waals surface area contributed by atoms with Crippen LogP contribution in [0.2, 0.25) is 5.02 Å². The third-order valence-corrected chi connectivity index (χ3v) is 4.94. The first-order valence-corrected chi connectivity index (χ1v) is 9.21. The molecule has 0 radical (unpaired) electrons. The summed E-state index contributed by atoms with van der Waals surface area (Å²) in [7, 11) is 1.60. The molecule has 2 N–H and O–H groups in total. The lowest BCUT2D eigenvalue weighted by molar-refractivity contribution is -0.115. The van der Waals surface area contributed by atoms with Crippen LogP contribution in [0.15, 0.2) is 47.6 Å². The predicted octanol–water partition coefficient (Wildman–Crippen LogP) is 4.39. The van der Waals surface area contributed by atoms with E-state index < -0.39 is 11.1 Å². The van der Waals surface area contributed by atoms with Gasteiger partial charge in [0.1, 0.15) is 11.6 Å². The SMILES string of the molecule is COc1ccc(-c2nc(S[C@H](C)C(=O)Nc3ccc(F)cc3Cl)n[nH]2)cc1. The molecule has 9 heteroatoms. The average molecular weight is 407 g/mol. The van der Waals surface area contributed by atoms with Gasteiger partial charge in [0.25, 0.3) is 0 Å². The second-order valence-electron chi connectivity index (χ2n) is 5.57. The van der Waals surface area contributed by atoms with Crippen LogP contribution in [0.25, 0.3) is 11.4 Å². The molecule has 6 nitrogen and oxygen atoms in total. The number of methoxy groups -OCH3 is 1. The van der Waals surface area contributed by atoms with Gasteiger partial charge >= 0.3 is 0 Å². The molecular weight excluding hydrogens is 391 g/mol. The molecule has 0 saturated heterocycles. The Kier molecular flexibility index (Phi) is 5.98. The summed E-state index contributed by atoms with van der Waals surface area (Å²) in [6.07, 6.45) is 0. The number of aromatic nitrogens is 3. The molecule has 0 aliphatic rings. The van der Waals surface area contributed by atoms with Crippen molar-refractivity contribution in [3.8, 4) is 17.1 Å². The minimum Gasteiger partial charge on any atom is -0.497 e. The lowest BCUT2D eigenvalue weighted by Gasteiger charge is -2.11. The highest BCUT2D eigenvalue weighted by Gasteiger charge is 2.18. The Morgan fingerprint density at radius 3 is 2.70 bits per heavy atom. The van der Waals surface area contributed by atoms with Crippen LogP contribution >= 0.6 is 23.4 Å². The van der Waals surface area contributed by atoms with Crippen molar-refractivity contribution < 1.29 is 13.9 Å². The Morgan fingerprint density at radius 2 is 2.04 bits per heavy atom. The second kappa shape index (κ2) is 8.41. The molecule has 0 aliphatic heterocycles. The van der Waals surface area contributed by atoms with E-state index in [-0.39, 0.29) is 10.9 Å². The van der Waals surface area contributed by atoms with E-state index in [1.165, 1.54) is 23.9 Å². The van der Waals surface area contributed by atoms with Gasteiger partial charge in [0, 0.05) is 5.56 Å². The molecule has 140 valence electrons. The van der Waals surface area contributed by atoms with Crippen molar-refractivity contribution >= 4 is 35.0 Å². The van der Waals surface area contributed by atoms with Gasteiger partial charge in [-0.05, 0) is 49.4 Å². The first kappa shape index (κ1) is 19.2. The van der Waals surface area contributed by atoms with E-state index in [0.29, 0.717) is 16.7 Å². The first-order chi connectivity index (χ1) is 13.0. The smallest absolute Gasteiger partial charge is 0.237 e. The number of H-pyrrole nitrogens is 1. The number of rotatable bonds is 6. The number of benzene rings is 2. The third-order valence-electron chi connectivity index (χ3n) is 3.67. The van der Waals surface area contributed by atoms with Gasteiger partial charge in [0.15, 0.2) is 5.82 Å². The minimum atomic E-state index is -0.481. The lowest BCUT2D eigenvalue weighted by atomic mass is 10.2. The van der Waals surface area contributed by atoms with Crippen molar-refractivity contribution in [2.75, 3.05) is 12.4 Å². The first-order valence-electron chi connectivity index (χ1n) is 7.95. The summed E-state index contributed by atoms with van der Waals surface area (Å²) in [4.78, 5) is 16.7. The topological polar surface area (TPSA) is 79.9 Å². The van der Waals surface area contributed by atoms with Crippen molar-refractivity contribution in [3.05, 3.63) is 53.3 Å². The Bertz CT molecular complexity index is 949. The Balaban J connectivity index is 1.64. The van der Waals surface area contributed by atoms with E-state index >= 15 is 0 Å². The molecule has 0 aliphatic carbocycles. The molecule has 1 aromatic heterocycles. The molecule has 0 spiro atoms. The van der Waals surface area contributed by atoms with Gasteiger partial charge in [-0.15, -0.1) is 5.10 Å². The van der Waals surface area contributed by atoms with E-state index in [2.05, 4.69) is 20.5 Å². The van der Waals surface area contributed by atoms with Crippen LogP contribution in [0.5, 0.6) is 5.75 Å². The molecule has 0 saturated carbocycles. The van der Waals surface area contributed by atoms with Crippen molar-refractivity contribution in [3.63, 3.8) is 0 Å². The Labute approximate surface area is 164 Å². The number of hydrogen-bond acceptors (Lipinski definition) is 5. The van der Waals surface area contributed by atoms with Crippen LogP contribution < -0.4 is 10.1 Å². The monoisotopic (exact) mass is 406 g/mol. The zero-order valence-corrected chi connectivity index (χ0v) is 16.1. The summed E-state index contributed by atoms with van der Waals surface area (Å²) in [6.45, 7) is 1.72. The highest BCUT2D eigenvalue weighted by molar-refractivity contribution is 8.00. The summed E-state index contributed by atoms with van der Waals surface area (Å²) in [5.74, 6) is 0.587. The fourth-order valence-corrected chi connectivity index (χ4v) is 3.15. The van der Waals surface area contributed by atoms with Crippen molar-refractivity contribution in [1.82, 2.24) is 15.2 Å². The largest absolute Gasteiger partial charge is 0.497 e. The minimum absolute atomic E-state index is 0.139. The molecule has 1 heterocycles. The molecule has 2 aromatic carbocycles. The fourth-order valence-electron chi connectivity index (χ4n) is 2.21. The van der Waals surface area contributed by atoms with Crippen LogP contribution in [0, 0.1) is 5.82 Å². The summed E-state index contributed by atoms with van der Waals surface area (Å²) in [5, 5.41) is 9.75. The summed E-state index contributed by atoms with van der Waals surface area (Å²) in [6, 6.07) is 11.2. The zero-order valence-electron chi connectivity index (χ0n) is 14.5. The van der Waals surface area contributed by atoms with Crippen molar-refractivity contribution in [1.29, 1.82) is 0 Å². The average Bonchev–Trinajstić information content (AvgIpc) is 3.12. The maximum Gasteiger partial charge on any atom is 0.237 e. The van der Waals surface area contributed by atoms with Gasteiger partial charge in [0.2, 0.25) is 11.1 Å². The third kappa shape index (κ3) is 4.78. The molecule has 1 amide bonds. The number of ether oxygens (including phenoxy) is 1. The molecule has 0 unspecified atom stereocenters. The summed E-state index contributed by atoms with van der Waals surface area (Å²) in [5.41, 5.74) is 1.20. The number of nitrogens with zero attached hydrogens (tertiary/aromatic N) is 2. The van der Waals surface area contributed by atoms with Crippen molar-refractivity contribution in [2.24, 2.45) is 0 Å². The number of amides is 1. The van der Waals surface area contributed by atoms with E-state index in [1.807, 2.05) is 24.3 Å². The number of nitrogens with one attached hydrogen (secondary N) is 2. The van der Waals surface area contributed by atoms with Gasteiger partial charge in [0.05, 0.1) is 23.1 Å². The maximum atomic E-state index is 13.1. The number of aromatic amines is 1. The fraction of sp³-hybridized carbons (Fsp3) is 0.167. The van der Waals surface area contributed by atoms with E-state index in [9.17, 15) is 9.18 Å². The van der Waals surface area contributed by atoms with Crippen LogP contribution in [-0.2, 0) is 4.79 Å². The van der Waals surface area contributed by atoms with Crippen LogP contribution in [0.4, 0.5) is 10.1 Å².